The average Bonchev–Trinajstić information content (AvgIpc) is 2.78. The van der Waals surface area contributed by atoms with Crippen LogP contribution >= 0.6 is 0 Å². The molecular weight excluding hydrogens is 448 g/mol. The van der Waals surface area contributed by atoms with Crippen LogP contribution in [0.1, 0.15) is 32.3 Å². The number of nitrogens with one attached hydrogen (secondary N) is 3. The molecule has 1 aromatic rings. The molecular formula is C22H32N4O8. The van der Waals surface area contributed by atoms with Gasteiger partial charge in [0.1, 0.15) is 18.1 Å². The summed E-state index contributed by atoms with van der Waals surface area (Å²) in [5.74, 6) is -5.35. The number of aliphatic carboxylic acids is 2. The Kier molecular flexibility index (Phi) is 11.7. The highest BCUT2D eigenvalue weighted by molar-refractivity contribution is 5.94. The second kappa shape index (κ2) is 13.9. The van der Waals surface area contributed by atoms with Crippen molar-refractivity contribution < 1.29 is 39.3 Å². The first-order valence-corrected chi connectivity index (χ1v) is 10.7. The van der Waals surface area contributed by atoms with Crippen molar-refractivity contribution in [2.24, 2.45) is 11.7 Å². The molecule has 12 nitrogen and oxygen atoms in total. The Balaban J connectivity index is 2.94. The smallest absolute Gasteiger partial charge is 0.326 e. The number of amides is 3. The van der Waals surface area contributed by atoms with Crippen LogP contribution in [0.4, 0.5) is 0 Å². The second-order valence-electron chi connectivity index (χ2n) is 8.10. The van der Waals surface area contributed by atoms with Crippen LogP contribution in [-0.4, -0.2) is 75.8 Å². The molecule has 4 atom stereocenters. The highest BCUT2D eigenvalue weighted by Gasteiger charge is 2.30. The van der Waals surface area contributed by atoms with Crippen molar-refractivity contribution in [1.29, 1.82) is 0 Å². The summed E-state index contributed by atoms with van der Waals surface area (Å²) in [4.78, 5) is 60.2. The van der Waals surface area contributed by atoms with Crippen LogP contribution in [0.2, 0.25) is 0 Å². The Morgan fingerprint density at radius 2 is 1.38 bits per heavy atom. The molecule has 8 N–H and O–H groups in total. The molecule has 12 heteroatoms. The molecule has 34 heavy (non-hydrogen) atoms. The van der Waals surface area contributed by atoms with Gasteiger partial charge >= 0.3 is 11.9 Å². The molecule has 0 saturated heterocycles. The molecule has 0 aliphatic carbocycles. The minimum Gasteiger partial charge on any atom is -0.481 e. The van der Waals surface area contributed by atoms with Gasteiger partial charge in [-0.15, -0.1) is 0 Å². The topological polar surface area (TPSA) is 208 Å². The SMILES string of the molecule is CC(C)C(N)C(=O)NC(CO)C(=O)NC(CCC(=O)O)C(=O)NC(Cc1ccccc1)C(=O)O. The molecule has 188 valence electrons. The summed E-state index contributed by atoms with van der Waals surface area (Å²) < 4.78 is 0. The van der Waals surface area contributed by atoms with Crippen molar-refractivity contribution in [3.8, 4) is 0 Å². The molecule has 0 saturated carbocycles. The van der Waals surface area contributed by atoms with Gasteiger partial charge in [0.2, 0.25) is 17.7 Å². The summed E-state index contributed by atoms with van der Waals surface area (Å²) in [6.07, 6.45) is -0.880. The molecule has 4 unspecified atom stereocenters. The summed E-state index contributed by atoms with van der Waals surface area (Å²) in [6.45, 7) is 2.58. The van der Waals surface area contributed by atoms with E-state index in [1.165, 1.54) is 0 Å². The zero-order chi connectivity index (χ0) is 25.8. The van der Waals surface area contributed by atoms with E-state index in [2.05, 4.69) is 16.0 Å². The van der Waals surface area contributed by atoms with Crippen molar-refractivity contribution in [2.75, 3.05) is 6.61 Å². The normalized spacial score (nSPS) is 14.4. The zero-order valence-corrected chi connectivity index (χ0v) is 19.1. The van der Waals surface area contributed by atoms with E-state index in [1.54, 1.807) is 44.2 Å². The third-order valence-corrected chi connectivity index (χ3v) is 5.01. The Bertz CT molecular complexity index is 862. The van der Waals surface area contributed by atoms with E-state index in [0.717, 1.165) is 0 Å². The van der Waals surface area contributed by atoms with Crippen LogP contribution in [0.15, 0.2) is 30.3 Å². The van der Waals surface area contributed by atoms with E-state index < -0.39 is 66.9 Å². The number of benzene rings is 1. The summed E-state index contributed by atoms with van der Waals surface area (Å²) in [6, 6.07) is 3.38. The molecule has 1 rings (SSSR count). The minimum absolute atomic E-state index is 0.0378. The first kappa shape index (κ1) is 28.5. The van der Waals surface area contributed by atoms with E-state index in [-0.39, 0.29) is 18.8 Å². The number of hydrogen-bond acceptors (Lipinski definition) is 7. The predicted octanol–water partition coefficient (Wildman–Crippen LogP) is -1.39. The maximum atomic E-state index is 12.8. The van der Waals surface area contributed by atoms with Gasteiger partial charge in [0.15, 0.2) is 0 Å². The number of aliphatic hydroxyl groups is 1. The van der Waals surface area contributed by atoms with E-state index in [0.29, 0.717) is 5.56 Å². The van der Waals surface area contributed by atoms with Gasteiger partial charge in [-0.25, -0.2) is 4.79 Å². The number of nitrogens with two attached hydrogens (primary N) is 1. The minimum atomic E-state index is -1.45. The van der Waals surface area contributed by atoms with E-state index in [4.69, 9.17) is 10.8 Å². The van der Waals surface area contributed by atoms with Crippen LogP contribution in [0.5, 0.6) is 0 Å². The molecule has 0 heterocycles. The van der Waals surface area contributed by atoms with Gasteiger partial charge in [-0.2, -0.15) is 0 Å². The molecule has 0 spiro atoms. The summed E-state index contributed by atoms with van der Waals surface area (Å²) in [5.41, 5.74) is 6.37. The van der Waals surface area contributed by atoms with Gasteiger partial charge in [-0.05, 0) is 17.9 Å². The molecule has 0 radical (unpaired) electrons. The van der Waals surface area contributed by atoms with Crippen LogP contribution in [-0.2, 0) is 30.4 Å². The quantitative estimate of drug-likeness (QED) is 0.167. The number of carboxylic acid groups (broad SMARTS) is 2. The monoisotopic (exact) mass is 480 g/mol. The highest BCUT2D eigenvalue weighted by Crippen LogP contribution is 2.06. The molecule has 0 aliphatic rings. The van der Waals surface area contributed by atoms with Crippen molar-refractivity contribution in [1.82, 2.24) is 16.0 Å². The third kappa shape index (κ3) is 9.55. The molecule has 3 amide bonds. The lowest BCUT2D eigenvalue weighted by Crippen LogP contribution is -2.58. The average molecular weight is 481 g/mol. The van der Waals surface area contributed by atoms with Gasteiger partial charge in [0, 0.05) is 12.8 Å². The van der Waals surface area contributed by atoms with Gasteiger partial charge < -0.3 is 37.0 Å². The molecule has 0 bridgehead atoms. The fraction of sp³-hybridized carbons (Fsp3) is 0.500. The van der Waals surface area contributed by atoms with E-state index in [1.807, 2.05) is 0 Å². The number of carboxylic acids is 2. The lowest BCUT2D eigenvalue weighted by molar-refractivity contribution is -0.143. The molecule has 0 aromatic heterocycles. The fourth-order valence-corrected chi connectivity index (χ4v) is 2.90. The van der Waals surface area contributed by atoms with Crippen molar-refractivity contribution in [2.45, 2.75) is 57.3 Å². The fourth-order valence-electron chi connectivity index (χ4n) is 2.90. The van der Waals surface area contributed by atoms with Crippen LogP contribution in [0, 0.1) is 5.92 Å². The number of rotatable bonds is 14. The Hall–Kier alpha value is -3.51. The van der Waals surface area contributed by atoms with Crippen LogP contribution in [0.3, 0.4) is 0 Å². The van der Waals surface area contributed by atoms with Crippen molar-refractivity contribution in [3.63, 3.8) is 0 Å². The Morgan fingerprint density at radius 3 is 1.88 bits per heavy atom. The zero-order valence-electron chi connectivity index (χ0n) is 19.1. The highest BCUT2D eigenvalue weighted by atomic mass is 16.4. The lowest BCUT2D eigenvalue weighted by atomic mass is 10.0. The first-order chi connectivity index (χ1) is 16.0. The first-order valence-electron chi connectivity index (χ1n) is 10.7. The maximum Gasteiger partial charge on any atom is 0.326 e. The van der Waals surface area contributed by atoms with Crippen molar-refractivity contribution in [3.05, 3.63) is 35.9 Å². The lowest BCUT2D eigenvalue weighted by Gasteiger charge is -2.24. The van der Waals surface area contributed by atoms with E-state index in [9.17, 15) is 34.2 Å². The third-order valence-electron chi connectivity index (χ3n) is 5.01. The number of carbonyl (C=O) groups is 5. The van der Waals surface area contributed by atoms with Crippen LogP contribution < -0.4 is 21.7 Å². The Morgan fingerprint density at radius 1 is 0.853 bits per heavy atom. The van der Waals surface area contributed by atoms with Gasteiger partial charge in [-0.1, -0.05) is 44.2 Å². The molecule has 0 aliphatic heterocycles. The second-order valence-corrected chi connectivity index (χ2v) is 8.10. The van der Waals surface area contributed by atoms with Crippen LogP contribution in [0.25, 0.3) is 0 Å². The number of hydrogen-bond donors (Lipinski definition) is 7. The van der Waals surface area contributed by atoms with Gasteiger partial charge in [0.25, 0.3) is 0 Å². The Labute approximate surface area is 196 Å². The predicted molar refractivity (Wildman–Crippen MR) is 120 cm³/mol. The summed E-state index contributed by atoms with van der Waals surface area (Å²) in [7, 11) is 0. The number of carbonyl (C=O) groups excluding carboxylic acids is 3. The van der Waals surface area contributed by atoms with Gasteiger partial charge in [-0.3, -0.25) is 19.2 Å². The van der Waals surface area contributed by atoms with E-state index >= 15 is 0 Å². The number of aliphatic hydroxyl groups excluding tert-OH is 1. The van der Waals surface area contributed by atoms with Gasteiger partial charge in [0.05, 0.1) is 12.6 Å². The largest absolute Gasteiger partial charge is 0.481 e. The standard InChI is InChI=1S/C22H32N4O8/c1-12(2)18(23)21(32)26-16(11-27)20(31)24-14(8-9-17(28)29)19(30)25-15(22(33)34)10-13-6-4-3-5-7-13/h3-7,12,14-16,18,27H,8-11,23H2,1-2H3,(H,24,31)(H,25,30)(H,26,32)(H,28,29)(H,33,34). The maximum absolute atomic E-state index is 12.8. The molecule has 1 aromatic carbocycles. The van der Waals surface area contributed by atoms with Crippen molar-refractivity contribution >= 4 is 29.7 Å². The summed E-state index contributed by atoms with van der Waals surface area (Å²) >= 11 is 0. The molecule has 0 fully saturated rings. The summed E-state index contributed by atoms with van der Waals surface area (Å²) in [5, 5.41) is 34.9.